The van der Waals surface area contributed by atoms with Gasteiger partial charge >= 0.3 is 5.97 Å². The van der Waals surface area contributed by atoms with Crippen molar-refractivity contribution in [2.24, 2.45) is 0 Å². The van der Waals surface area contributed by atoms with Gasteiger partial charge in [-0.05, 0) is 82.2 Å². The summed E-state index contributed by atoms with van der Waals surface area (Å²) in [5.74, 6) is -0.373. The molecule has 0 radical (unpaired) electrons. The molecule has 1 aliphatic rings. The van der Waals surface area contributed by atoms with E-state index in [9.17, 15) is 14.7 Å². The molecular weight excluding hydrogens is 378 g/mol. The summed E-state index contributed by atoms with van der Waals surface area (Å²) in [5.41, 5.74) is 2.82. The molecule has 0 unspecified atom stereocenters. The molecule has 5 nitrogen and oxygen atoms in total. The van der Waals surface area contributed by atoms with E-state index in [0.717, 1.165) is 42.5 Å². The highest BCUT2D eigenvalue weighted by Crippen LogP contribution is 2.37. The summed E-state index contributed by atoms with van der Waals surface area (Å²) in [4.78, 5) is 23.9. The van der Waals surface area contributed by atoms with Crippen LogP contribution in [0.4, 0.5) is 0 Å². The highest BCUT2D eigenvalue weighted by Gasteiger charge is 2.47. The molecule has 2 aromatic rings. The second kappa shape index (κ2) is 9.61. The molecule has 0 aliphatic heterocycles. The van der Waals surface area contributed by atoms with E-state index in [1.165, 1.54) is 0 Å². The van der Waals surface area contributed by atoms with Gasteiger partial charge in [-0.15, -0.1) is 0 Å². The number of carbonyl (C=O) groups excluding carboxylic acids is 1. The maximum atomic E-state index is 12.4. The Bertz CT molecular complexity index is 908. The van der Waals surface area contributed by atoms with Gasteiger partial charge in [-0.3, -0.25) is 4.79 Å². The van der Waals surface area contributed by atoms with Crippen LogP contribution in [0.15, 0.2) is 65.9 Å². The number of carboxylic acids is 1. The third-order valence-electron chi connectivity index (χ3n) is 5.58. The van der Waals surface area contributed by atoms with Gasteiger partial charge in [-0.2, -0.15) is 0 Å². The molecule has 158 valence electrons. The highest BCUT2D eigenvalue weighted by molar-refractivity contribution is 5.95. The Morgan fingerprint density at radius 3 is 2.23 bits per heavy atom. The summed E-state index contributed by atoms with van der Waals surface area (Å²) in [6.07, 6.45) is 4.55. The molecule has 0 aromatic heterocycles. The first-order chi connectivity index (χ1) is 14.4. The largest absolute Gasteiger partial charge is 0.478 e. The average molecular weight is 408 g/mol. The number of nitrogens with one attached hydrogen (secondary N) is 1. The number of benzene rings is 2. The van der Waals surface area contributed by atoms with Crippen LogP contribution >= 0.6 is 0 Å². The van der Waals surface area contributed by atoms with E-state index < -0.39 is 11.6 Å². The minimum Gasteiger partial charge on any atom is -0.478 e. The van der Waals surface area contributed by atoms with Crippen LogP contribution in [-0.4, -0.2) is 22.6 Å². The van der Waals surface area contributed by atoms with E-state index in [2.05, 4.69) is 5.32 Å². The third kappa shape index (κ3) is 5.29. The van der Waals surface area contributed by atoms with E-state index in [1.807, 2.05) is 56.3 Å². The molecule has 1 fully saturated rings. The first-order valence-corrected chi connectivity index (χ1v) is 10.4. The monoisotopic (exact) mass is 407 g/mol. The maximum Gasteiger partial charge on any atom is 0.348 e. The smallest absolute Gasteiger partial charge is 0.348 e. The van der Waals surface area contributed by atoms with Crippen molar-refractivity contribution in [3.8, 4) is 5.75 Å². The summed E-state index contributed by atoms with van der Waals surface area (Å²) >= 11 is 0. The van der Waals surface area contributed by atoms with Crippen molar-refractivity contribution in [1.29, 1.82) is 0 Å². The fraction of sp³-hybridized carbons (Fsp3) is 0.360. The molecular formula is C25H29NO4. The van der Waals surface area contributed by atoms with Crippen LogP contribution in [-0.2, 0) is 11.2 Å². The van der Waals surface area contributed by atoms with Gasteiger partial charge in [0.15, 0.2) is 0 Å². The van der Waals surface area contributed by atoms with Gasteiger partial charge in [0.05, 0.1) is 0 Å². The van der Waals surface area contributed by atoms with Crippen molar-refractivity contribution in [2.45, 2.75) is 58.0 Å². The SMILES string of the molecule is CC(C)=C(CCCc1ccc(OC2(C(=O)O)CCC2)cc1)NC(=O)c1ccccc1. The van der Waals surface area contributed by atoms with Crippen LogP contribution < -0.4 is 10.1 Å². The molecule has 30 heavy (non-hydrogen) atoms. The van der Waals surface area contributed by atoms with Gasteiger partial charge in [0, 0.05) is 11.3 Å². The van der Waals surface area contributed by atoms with Crippen LogP contribution in [0.2, 0.25) is 0 Å². The highest BCUT2D eigenvalue weighted by atomic mass is 16.5. The fourth-order valence-electron chi connectivity index (χ4n) is 3.51. The Morgan fingerprint density at radius 1 is 1.03 bits per heavy atom. The predicted octanol–water partition coefficient (Wildman–Crippen LogP) is 5.12. The first kappa shape index (κ1) is 21.6. The maximum absolute atomic E-state index is 12.4. The Morgan fingerprint density at radius 2 is 1.70 bits per heavy atom. The number of aryl methyl sites for hydroxylation is 1. The minimum atomic E-state index is -1.04. The van der Waals surface area contributed by atoms with Crippen LogP contribution in [0, 0.1) is 0 Å². The number of hydrogen-bond acceptors (Lipinski definition) is 3. The molecule has 0 atom stereocenters. The second-order valence-electron chi connectivity index (χ2n) is 8.05. The minimum absolute atomic E-state index is 0.0864. The van der Waals surface area contributed by atoms with Crippen molar-refractivity contribution in [3.05, 3.63) is 77.0 Å². The van der Waals surface area contributed by atoms with Gasteiger partial charge in [-0.25, -0.2) is 4.79 Å². The van der Waals surface area contributed by atoms with Crippen molar-refractivity contribution in [3.63, 3.8) is 0 Å². The molecule has 5 heteroatoms. The number of allylic oxidation sites excluding steroid dienone is 2. The van der Waals surface area contributed by atoms with Crippen LogP contribution in [0.5, 0.6) is 5.75 Å². The van der Waals surface area contributed by atoms with E-state index in [4.69, 9.17) is 4.74 Å². The third-order valence-corrected chi connectivity index (χ3v) is 5.58. The molecule has 2 N–H and O–H groups in total. The Balaban J connectivity index is 1.51. The van der Waals surface area contributed by atoms with Crippen LogP contribution in [0.25, 0.3) is 0 Å². The standard InChI is InChI=1S/C25H29NO4/c1-18(2)22(26-23(27)20-9-4-3-5-10-20)11-6-8-19-12-14-21(15-13-19)30-25(24(28)29)16-7-17-25/h3-5,9-10,12-15H,6-8,11,16-17H2,1-2H3,(H,26,27)(H,28,29). The lowest BCUT2D eigenvalue weighted by Crippen LogP contribution is -2.50. The van der Waals surface area contributed by atoms with Crippen LogP contribution in [0.1, 0.15) is 61.9 Å². The molecule has 0 spiro atoms. The zero-order valence-corrected chi connectivity index (χ0v) is 17.6. The summed E-state index contributed by atoms with van der Waals surface area (Å²) in [7, 11) is 0. The topological polar surface area (TPSA) is 75.6 Å². The first-order valence-electron chi connectivity index (χ1n) is 10.4. The van der Waals surface area contributed by atoms with E-state index in [0.29, 0.717) is 24.2 Å². The number of aliphatic carboxylic acids is 1. The quantitative estimate of drug-likeness (QED) is 0.605. The Kier molecular flexibility index (Phi) is 6.93. The molecule has 1 amide bonds. The number of amides is 1. The van der Waals surface area contributed by atoms with E-state index in [1.54, 1.807) is 12.1 Å². The summed E-state index contributed by atoms with van der Waals surface area (Å²) in [5, 5.41) is 12.4. The molecule has 3 rings (SSSR count). The van der Waals surface area contributed by atoms with Crippen molar-refractivity contribution in [2.75, 3.05) is 0 Å². The number of hydrogen-bond donors (Lipinski definition) is 2. The molecule has 1 saturated carbocycles. The van der Waals surface area contributed by atoms with Crippen molar-refractivity contribution in [1.82, 2.24) is 5.32 Å². The van der Waals surface area contributed by atoms with Crippen molar-refractivity contribution >= 4 is 11.9 Å². The lowest BCUT2D eigenvalue weighted by atomic mass is 9.80. The average Bonchev–Trinajstić information content (AvgIpc) is 2.71. The van der Waals surface area contributed by atoms with Gasteiger partial charge in [0.2, 0.25) is 5.60 Å². The van der Waals surface area contributed by atoms with Gasteiger partial charge in [-0.1, -0.05) is 35.9 Å². The zero-order valence-electron chi connectivity index (χ0n) is 17.6. The molecule has 0 saturated heterocycles. The molecule has 1 aliphatic carbocycles. The summed E-state index contributed by atoms with van der Waals surface area (Å²) in [6, 6.07) is 16.9. The Labute approximate surface area is 177 Å². The van der Waals surface area contributed by atoms with Crippen LogP contribution in [0.3, 0.4) is 0 Å². The van der Waals surface area contributed by atoms with Crippen molar-refractivity contribution < 1.29 is 19.4 Å². The molecule has 0 heterocycles. The molecule has 0 bridgehead atoms. The van der Waals surface area contributed by atoms with Gasteiger partial charge < -0.3 is 15.2 Å². The Hall–Kier alpha value is -3.08. The fourth-order valence-corrected chi connectivity index (χ4v) is 3.51. The van der Waals surface area contributed by atoms with Gasteiger partial charge in [0.25, 0.3) is 5.91 Å². The van der Waals surface area contributed by atoms with Gasteiger partial charge in [0.1, 0.15) is 5.75 Å². The summed E-state index contributed by atoms with van der Waals surface area (Å²) in [6.45, 7) is 4.01. The summed E-state index contributed by atoms with van der Waals surface area (Å²) < 4.78 is 5.76. The lowest BCUT2D eigenvalue weighted by molar-refractivity contribution is -0.163. The normalized spacial score (nSPS) is 14.3. The number of carbonyl (C=O) groups is 2. The lowest BCUT2D eigenvalue weighted by Gasteiger charge is -2.37. The number of rotatable bonds is 9. The predicted molar refractivity (Wildman–Crippen MR) is 117 cm³/mol. The number of carboxylic acid groups (broad SMARTS) is 1. The number of ether oxygens (including phenoxy) is 1. The van der Waals surface area contributed by atoms with E-state index in [-0.39, 0.29) is 5.91 Å². The van der Waals surface area contributed by atoms with E-state index >= 15 is 0 Å². The second-order valence-corrected chi connectivity index (χ2v) is 8.05. The zero-order chi connectivity index (χ0) is 21.6. The molecule has 2 aromatic carbocycles.